The second-order valence-corrected chi connectivity index (χ2v) is 7.69. The van der Waals surface area contributed by atoms with E-state index in [1.165, 1.54) is 39.1 Å². The van der Waals surface area contributed by atoms with Gasteiger partial charge in [-0.3, -0.25) is 9.97 Å². The zero-order valence-electron chi connectivity index (χ0n) is 16.4. The van der Waals surface area contributed by atoms with Crippen molar-refractivity contribution in [3.8, 4) is 11.3 Å². The molecule has 0 amide bonds. The summed E-state index contributed by atoms with van der Waals surface area (Å²) in [5.41, 5.74) is 11.0. The third-order valence-electron chi connectivity index (χ3n) is 6.22. The maximum Gasteiger partial charge on any atom is 0.252 e. The minimum Gasteiger partial charge on any atom is -0.345 e. The molecule has 4 aromatic rings. The predicted molar refractivity (Wildman–Crippen MR) is 121 cm³/mol. The van der Waals surface area contributed by atoms with Gasteiger partial charge in [0, 0.05) is 54.8 Å². The lowest BCUT2D eigenvalue weighted by Gasteiger charge is -2.42. The van der Waals surface area contributed by atoms with E-state index in [0.717, 1.165) is 11.3 Å². The Kier molecular flexibility index (Phi) is 3.36. The number of hydrogen-bond acceptors (Lipinski definition) is 4. The highest BCUT2D eigenvalue weighted by Gasteiger charge is 2.40. The molecule has 3 aromatic carbocycles. The lowest BCUT2D eigenvalue weighted by atomic mass is 9.33. The standard InChI is InChI=1S/C24H19BN4/c1-28-20-9-5-3-7-17(20)25-18-8-4-6-10-21(18)29(2)23-14-16(13-22(28)24(23)25)19-15-26-11-12-27-19/h3-15H,1-2H3. The fourth-order valence-corrected chi connectivity index (χ4v) is 4.88. The van der Waals surface area contributed by atoms with Crippen LogP contribution in [0.2, 0.25) is 0 Å². The molecule has 0 aliphatic carbocycles. The van der Waals surface area contributed by atoms with Crippen molar-refractivity contribution >= 4 is 45.9 Å². The number of fused-ring (bicyclic) bond motifs is 4. The third kappa shape index (κ3) is 2.21. The summed E-state index contributed by atoms with van der Waals surface area (Å²) in [4.78, 5) is 13.5. The summed E-state index contributed by atoms with van der Waals surface area (Å²) in [6.07, 6.45) is 5.30. The summed E-state index contributed by atoms with van der Waals surface area (Å²) in [5, 5.41) is 0. The molecule has 0 N–H and O–H groups in total. The van der Waals surface area contributed by atoms with Crippen LogP contribution in [0.25, 0.3) is 11.3 Å². The summed E-state index contributed by atoms with van der Waals surface area (Å²) in [5.74, 6) is 0. The largest absolute Gasteiger partial charge is 0.345 e. The van der Waals surface area contributed by atoms with Gasteiger partial charge in [-0.15, -0.1) is 0 Å². The zero-order chi connectivity index (χ0) is 19.5. The first-order chi connectivity index (χ1) is 14.2. The van der Waals surface area contributed by atoms with Crippen molar-refractivity contribution in [3.05, 3.63) is 79.3 Å². The second-order valence-electron chi connectivity index (χ2n) is 7.69. The maximum absolute atomic E-state index is 4.55. The Morgan fingerprint density at radius 1 is 0.724 bits per heavy atom. The number of hydrogen-bond donors (Lipinski definition) is 0. The third-order valence-corrected chi connectivity index (χ3v) is 6.22. The van der Waals surface area contributed by atoms with E-state index in [9.17, 15) is 0 Å². The molecule has 0 saturated carbocycles. The Hall–Kier alpha value is -3.60. The highest BCUT2D eigenvalue weighted by molar-refractivity contribution is 7.00. The van der Waals surface area contributed by atoms with Crippen LogP contribution in [0.5, 0.6) is 0 Å². The smallest absolute Gasteiger partial charge is 0.252 e. The molecule has 0 bridgehead atoms. The lowest BCUT2D eigenvalue weighted by Crippen LogP contribution is -2.61. The van der Waals surface area contributed by atoms with Crippen molar-refractivity contribution < 1.29 is 0 Å². The van der Waals surface area contributed by atoms with E-state index < -0.39 is 0 Å². The predicted octanol–water partition coefficient (Wildman–Crippen LogP) is 2.82. The Morgan fingerprint density at radius 3 is 1.86 bits per heavy atom. The molecule has 0 radical (unpaired) electrons. The Bertz CT molecular complexity index is 1180. The van der Waals surface area contributed by atoms with Crippen LogP contribution in [-0.2, 0) is 0 Å². The summed E-state index contributed by atoms with van der Waals surface area (Å²) in [7, 11) is 4.32. The molecule has 4 nitrogen and oxygen atoms in total. The van der Waals surface area contributed by atoms with Gasteiger partial charge in [-0.05, 0) is 40.7 Å². The van der Waals surface area contributed by atoms with Gasteiger partial charge in [-0.1, -0.05) is 36.4 Å². The summed E-state index contributed by atoms with van der Waals surface area (Å²) in [6.45, 7) is 0.232. The monoisotopic (exact) mass is 374 g/mol. The van der Waals surface area contributed by atoms with Crippen molar-refractivity contribution in [2.75, 3.05) is 23.9 Å². The number of benzene rings is 3. The zero-order valence-corrected chi connectivity index (χ0v) is 16.4. The second kappa shape index (κ2) is 5.95. The molecule has 2 aliphatic heterocycles. The molecule has 0 atom stereocenters. The fourth-order valence-electron chi connectivity index (χ4n) is 4.88. The molecule has 0 saturated heterocycles. The maximum atomic E-state index is 4.55. The fraction of sp³-hybridized carbons (Fsp3) is 0.0833. The number of anilines is 4. The topological polar surface area (TPSA) is 32.3 Å². The average Bonchev–Trinajstić information content (AvgIpc) is 2.79. The van der Waals surface area contributed by atoms with Crippen LogP contribution in [0.4, 0.5) is 22.7 Å². The van der Waals surface area contributed by atoms with Gasteiger partial charge in [0.1, 0.15) is 0 Å². The first-order valence-corrected chi connectivity index (χ1v) is 9.83. The van der Waals surface area contributed by atoms with Gasteiger partial charge in [0.15, 0.2) is 0 Å². The van der Waals surface area contributed by atoms with Crippen molar-refractivity contribution in [1.29, 1.82) is 0 Å². The van der Waals surface area contributed by atoms with Gasteiger partial charge < -0.3 is 9.80 Å². The van der Waals surface area contributed by atoms with E-state index in [1.54, 1.807) is 12.4 Å². The number of aromatic nitrogens is 2. The molecule has 0 unspecified atom stereocenters. The summed E-state index contributed by atoms with van der Waals surface area (Å²) in [6, 6.07) is 22.0. The van der Waals surface area contributed by atoms with Crippen molar-refractivity contribution in [2.24, 2.45) is 0 Å². The van der Waals surface area contributed by atoms with Gasteiger partial charge in [-0.25, -0.2) is 0 Å². The highest BCUT2D eigenvalue weighted by Crippen LogP contribution is 2.38. The quantitative estimate of drug-likeness (QED) is 0.480. The van der Waals surface area contributed by atoms with Gasteiger partial charge in [-0.2, -0.15) is 0 Å². The van der Waals surface area contributed by atoms with Crippen LogP contribution in [0, 0.1) is 0 Å². The molecular weight excluding hydrogens is 355 g/mol. The van der Waals surface area contributed by atoms with Gasteiger partial charge in [0.05, 0.1) is 11.9 Å². The normalized spacial score (nSPS) is 13.7. The van der Waals surface area contributed by atoms with Crippen LogP contribution in [0.3, 0.4) is 0 Å². The molecule has 3 heterocycles. The molecule has 29 heavy (non-hydrogen) atoms. The van der Waals surface area contributed by atoms with E-state index in [-0.39, 0.29) is 6.71 Å². The SMILES string of the molecule is CN1c2ccccc2B2c3ccccc3N(C)c3cc(-c4cnccn4)cc1c32. The Labute approximate surface area is 170 Å². The number of para-hydroxylation sites is 2. The van der Waals surface area contributed by atoms with E-state index >= 15 is 0 Å². The van der Waals surface area contributed by atoms with Crippen molar-refractivity contribution in [3.63, 3.8) is 0 Å². The van der Waals surface area contributed by atoms with Gasteiger partial charge in [0.2, 0.25) is 0 Å². The van der Waals surface area contributed by atoms with Crippen LogP contribution in [-0.4, -0.2) is 30.8 Å². The van der Waals surface area contributed by atoms with E-state index in [0.29, 0.717) is 0 Å². The van der Waals surface area contributed by atoms with E-state index in [1.807, 2.05) is 6.20 Å². The van der Waals surface area contributed by atoms with Crippen LogP contribution in [0.15, 0.2) is 79.3 Å². The summed E-state index contributed by atoms with van der Waals surface area (Å²) >= 11 is 0. The Morgan fingerprint density at radius 2 is 1.31 bits per heavy atom. The van der Waals surface area contributed by atoms with E-state index in [2.05, 4.69) is 94.5 Å². The Balaban J connectivity index is 1.70. The minimum atomic E-state index is 0.232. The first kappa shape index (κ1) is 16.4. The van der Waals surface area contributed by atoms with Crippen LogP contribution < -0.4 is 26.2 Å². The highest BCUT2D eigenvalue weighted by atomic mass is 15.1. The van der Waals surface area contributed by atoms with Crippen molar-refractivity contribution in [2.45, 2.75) is 0 Å². The first-order valence-electron chi connectivity index (χ1n) is 9.83. The molecule has 0 spiro atoms. The van der Waals surface area contributed by atoms with E-state index in [4.69, 9.17) is 0 Å². The number of rotatable bonds is 1. The van der Waals surface area contributed by atoms with Gasteiger partial charge >= 0.3 is 0 Å². The van der Waals surface area contributed by atoms with Crippen LogP contribution in [0.1, 0.15) is 0 Å². The lowest BCUT2D eigenvalue weighted by molar-refractivity contribution is 1.17. The van der Waals surface area contributed by atoms with Crippen molar-refractivity contribution in [1.82, 2.24) is 9.97 Å². The summed E-state index contributed by atoms with van der Waals surface area (Å²) < 4.78 is 0. The molecule has 5 heteroatoms. The molecular formula is C24H19BN4. The molecule has 1 aromatic heterocycles. The average molecular weight is 374 g/mol. The van der Waals surface area contributed by atoms with Gasteiger partial charge in [0.25, 0.3) is 6.71 Å². The minimum absolute atomic E-state index is 0.232. The molecule has 138 valence electrons. The van der Waals surface area contributed by atoms with Crippen LogP contribution >= 0.6 is 0 Å². The molecule has 0 fully saturated rings. The number of nitrogens with zero attached hydrogens (tertiary/aromatic N) is 4. The molecule has 6 rings (SSSR count). The molecule has 2 aliphatic rings.